The van der Waals surface area contributed by atoms with E-state index in [9.17, 15) is 0 Å². The van der Waals surface area contributed by atoms with E-state index in [0.29, 0.717) is 5.82 Å². The second-order valence-electron chi connectivity index (χ2n) is 10.6. The lowest BCUT2D eigenvalue weighted by Crippen LogP contribution is -2.23. The van der Waals surface area contributed by atoms with E-state index in [-0.39, 0.29) is 0 Å². The van der Waals surface area contributed by atoms with E-state index in [1.165, 1.54) is 11.1 Å². The zero-order valence-corrected chi connectivity index (χ0v) is 25.0. The highest BCUT2D eigenvalue weighted by molar-refractivity contribution is 5.79. The van der Waals surface area contributed by atoms with Gasteiger partial charge in [0.25, 0.3) is 0 Å². The summed E-state index contributed by atoms with van der Waals surface area (Å²) in [4.78, 5) is 13.9. The summed E-state index contributed by atoms with van der Waals surface area (Å²) in [5.41, 5.74) is 18.0. The molecule has 0 amide bonds. The lowest BCUT2D eigenvalue weighted by Gasteiger charge is -2.29. The molecule has 0 bridgehead atoms. The number of aromatic nitrogens is 2. The minimum absolute atomic E-state index is 0.439. The van der Waals surface area contributed by atoms with Crippen molar-refractivity contribution in [2.24, 2.45) is 5.73 Å². The van der Waals surface area contributed by atoms with Crippen LogP contribution in [0.5, 0.6) is 0 Å². The second kappa shape index (κ2) is 12.1. The third-order valence-electron chi connectivity index (χ3n) is 7.58. The van der Waals surface area contributed by atoms with Crippen molar-refractivity contribution in [2.75, 3.05) is 9.80 Å². The van der Waals surface area contributed by atoms with Gasteiger partial charge in [0.1, 0.15) is 11.6 Å². The molecule has 5 rings (SSSR count). The van der Waals surface area contributed by atoms with Gasteiger partial charge in [-0.25, -0.2) is 4.98 Å². The molecule has 0 fully saturated rings. The average Bonchev–Trinajstić information content (AvgIpc) is 2.99. The molecule has 5 nitrogen and oxygen atoms in total. The van der Waals surface area contributed by atoms with Crippen LogP contribution < -0.4 is 15.5 Å². The SMILES string of the molecule is C=C(N)N(c1ccc(N(C(C)=C(C)C)c2cccc(-c3ccccc3C)n2)cc1)c1cccc(-c2ccccn2)c1C. The zero-order chi connectivity index (χ0) is 29.8. The summed E-state index contributed by atoms with van der Waals surface area (Å²) in [6.45, 7) is 14.7. The maximum absolute atomic E-state index is 6.41. The summed E-state index contributed by atoms with van der Waals surface area (Å²) >= 11 is 0. The van der Waals surface area contributed by atoms with Gasteiger partial charge in [-0.15, -0.1) is 0 Å². The van der Waals surface area contributed by atoms with Crippen LogP contribution >= 0.6 is 0 Å². The first-order chi connectivity index (χ1) is 20.3. The molecule has 2 aromatic heterocycles. The molecular formula is C37H37N5. The first-order valence-corrected chi connectivity index (χ1v) is 14.1. The molecule has 5 aromatic rings. The highest BCUT2D eigenvalue weighted by Gasteiger charge is 2.19. The number of pyridine rings is 2. The molecule has 2 N–H and O–H groups in total. The molecule has 3 aromatic carbocycles. The van der Waals surface area contributed by atoms with Crippen LogP contribution in [0.2, 0.25) is 0 Å². The van der Waals surface area contributed by atoms with Gasteiger partial charge in [0, 0.05) is 34.4 Å². The lowest BCUT2D eigenvalue weighted by atomic mass is 10.0. The number of hydrogen-bond donors (Lipinski definition) is 1. The minimum Gasteiger partial charge on any atom is -0.385 e. The third kappa shape index (κ3) is 5.68. The van der Waals surface area contributed by atoms with Crippen LogP contribution in [0.1, 0.15) is 31.9 Å². The van der Waals surface area contributed by atoms with Gasteiger partial charge >= 0.3 is 0 Å². The Hall–Kier alpha value is -5.16. The molecule has 0 unspecified atom stereocenters. The van der Waals surface area contributed by atoms with E-state index in [0.717, 1.165) is 56.7 Å². The van der Waals surface area contributed by atoms with Crippen molar-refractivity contribution in [1.82, 2.24) is 9.97 Å². The Morgan fingerprint density at radius 2 is 1.29 bits per heavy atom. The van der Waals surface area contributed by atoms with Crippen LogP contribution in [0, 0.1) is 13.8 Å². The number of allylic oxidation sites excluding steroid dienone is 2. The zero-order valence-electron chi connectivity index (χ0n) is 25.0. The lowest BCUT2D eigenvalue weighted by molar-refractivity contribution is 1.06. The van der Waals surface area contributed by atoms with Gasteiger partial charge in [-0.05, 0) is 100 Å². The Morgan fingerprint density at radius 1 is 0.667 bits per heavy atom. The van der Waals surface area contributed by atoms with Crippen LogP contribution in [0.4, 0.5) is 22.9 Å². The molecule has 0 aliphatic carbocycles. The molecule has 0 aliphatic heterocycles. The quantitative estimate of drug-likeness (QED) is 0.208. The fourth-order valence-corrected chi connectivity index (χ4v) is 5.16. The fourth-order valence-electron chi connectivity index (χ4n) is 5.16. The van der Waals surface area contributed by atoms with Crippen LogP contribution in [0.15, 0.2) is 133 Å². The van der Waals surface area contributed by atoms with Gasteiger partial charge in [-0.2, -0.15) is 0 Å². The van der Waals surface area contributed by atoms with Crippen molar-refractivity contribution in [1.29, 1.82) is 0 Å². The standard InChI is InChI=1S/C37H37N5/c1-25(2)28(5)41(37-19-12-17-35(40-37)32-14-8-7-13-26(32)3)30-20-22-31(23-21-30)42(29(6)38)36-18-11-15-33(27(36)4)34-16-9-10-24-39-34/h7-24H,6,38H2,1-5H3. The van der Waals surface area contributed by atoms with Crippen LogP contribution in [0.25, 0.3) is 22.5 Å². The van der Waals surface area contributed by atoms with Gasteiger partial charge in [-0.1, -0.05) is 60.7 Å². The summed E-state index contributed by atoms with van der Waals surface area (Å²) in [5.74, 6) is 1.30. The highest BCUT2D eigenvalue weighted by Crippen LogP contribution is 2.38. The van der Waals surface area contributed by atoms with Crippen molar-refractivity contribution in [3.8, 4) is 22.5 Å². The molecular weight excluding hydrogens is 514 g/mol. The Labute approximate surface area is 249 Å². The van der Waals surface area contributed by atoms with Crippen molar-refractivity contribution < 1.29 is 0 Å². The van der Waals surface area contributed by atoms with Crippen LogP contribution in [0.3, 0.4) is 0 Å². The Morgan fingerprint density at radius 3 is 1.93 bits per heavy atom. The molecule has 210 valence electrons. The summed E-state index contributed by atoms with van der Waals surface area (Å²) in [7, 11) is 0. The van der Waals surface area contributed by atoms with E-state index in [1.54, 1.807) is 0 Å². The molecule has 0 aliphatic rings. The number of aryl methyl sites for hydroxylation is 1. The van der Waals surface area contributed by atoms with Crippen molar-refractivity contribution in [3.63, 3.8) is 0 Å². The number of nitrogens with two attached hydrogens (primary N) is 1. The van der Waals surface area contributed by atoms with Gasteiger partial charge in [0.2, 0.25) is 0 Å². The Bertz CT molecular complexity index is 1750. The maximum Gasteiger partial charge on any atom is 0.137 e. The molecule has 0 saturated heterocycles. The topological polar surface area (TPSA) is 58.3 Å². The first-order valence-electron chi connectivity index (χ1n) is 14.1. The van der Waals surface area contributed by atoms with Gasteiger partial charge < -0.3 is 5.73 Å². The van der Waals surface area contributed by atoms with Crippen molar-refractivity contribution in [3.05, 3.63) is 144 Å². The van der Waals surface area contributed by atoms with Crippen molar-refractivity contribution in [2.45, 2.75) is 34.6 Å². The van der Waals surface area contributed by atoms with Gasteiger partial charge in [0.05, 0.1) is 17.1 Å². The Kier molecular flexibility index (Phi) is 8.21. The first kappa shape index (κ1) is 28.4. The predicted molar refractivity (Wildman–Crippen MR) is 177 cm³/mol. The van der Waals surface area contributed by atoms with E-state index in [2.05, 4.69) is 130 Å². The van der Waals surface area contributed by atoms with Crippen molar-refractivity contribution >= 4 is 22.9 Å². The van der Waals surface area contributed by atoms with Crippen LogP contribution in [-0.2, 0) is 0 Å². The largest absolute Gasteiger partial charge is 0.385 e. The maximum atomic E-state index is 6.41. The molecule has 0 spiro atoms. The number of rotatable bonds is 8. The van der Waals surface area contributed by atoms with Crippen LogP contribution in [-0.4, -0.2) is 9.97 Å². The molecule has 42 heavy (non-hydrogen) atoms. The molecule has 0 atom stereocenters. The number of hydrogen-bond acceptors (Lipinski definition) is 5. The smallest absolute Gasteiger partial charge is 0.137 e. The third-order valence-corrected chi connectivity index (χ3v) is 7.58. The number of nitrogens with zero attached hydrogens (tertiary/aromatic N) is 4. The van der Waals surface area contributed by atoms with Gasteiger partial charge in [0.15, 0.2) is 0 Å². The summed E-state index contributed by atoms with van der Waals surface area (Å²) in [6.07, 6.45) is 1.81. The molecule has 0 saturated carbocycles. The number of benzene rings is 3. The number of anilines is 4. The van der Waals surface area contributed by atoms with E-state index in [4.69, 9.17) is 10.7 Å². The average molecular weight is 552 g/mol. The van der Waals surface area contributed by atoms with Gasteiger partial charge in [-0.3, -0.25) is 14.8 Å². The monoisotopic (exact) mass is 551 g/mol. The second-order valence-corrected chi connectivity index (χ2v) is 10.6. The van der Waals surface area contributed by atoms with E-state index < -0.39 is 0 Å². The summed E-state index contributed by atoms with van der Waals surface area (Å²) in [5, 5.41) is 0. The normalized spacial score (nSPS) is 10.7. The van der Waals surface area contributed by atoms with E-state index in [1.807, 2.05) is 35.4 Å². The summed E-state index contributed by atoms with van der Waals surface area (Å²) < 4.78 is 0. The molecule has 0 radical (unpaired) electrons. The Balaban J connectivity index is 1.55. The molecule has 5 heteroatoms. The minimum atomic E-state index is 0.439. The molecule has 2 heterocycles. The van der Waals surface area contributed by atoms with E-state index >= 15 is 0 Å². The fraction of sp³-hybridized carbons (Fsp3) is 0.135. The highest BCUT2D eigenvalue weighted by atomic mass is 15.2. The predicted octanol–water partition coefficient (Wildman–Crippen LogP) is 9.45. The summed E-state index contributed by atoms with van der Waals surface area (Å²) in [6, 6.07) is 35.0.